The Balaban J connectivity index is 2.05. The van der Waals surface area contributed by atoms with Gasteiger partial charge in [0.25, 0.3) is 0 Å². The minimum absolute atomic E-state index is 0.171. The average Bonchev–Trinajstić information content (AvgIpc) is 2.59. The SMILES string of the molecule is O=C(O)c1cccc(C(=O)COC(=O)c2cccc(C(=O)O)n2)n1. The highest BCUT2D eigenvalue weighted by Gasteiger charge is 2.16. The quantitative estimate of drug-likeness (QED) is 0.583. The summed E-state index contributed by atoms with van der Waals surface area (Å²) >= 11 is 0. The van der Waals surface area contributed by atoms with Gasteiger partial charge >= 0.3 is 17.9 Å². The van der Waals surface area contributed by atoms with Gasteiger partial charge in [0, 0.05) is 0 Å². The second-order valence-electron chi connectivity index (χ2n) is 4.43. The summed E-state index contributed by atoms with van der Waals surface area (Å²) in [6.45, 7) is -0.687. The van der Waals surface area contributed by atoms with Crippen LogP contribution < -0.4 is 0 Å². The summed E-state index contributed by atoms with van der Waals surface area (Å²) in [6.07, 6.45) is 0. The lowest BCUT2D eigenvalue weighted by Crippen LogP contribution is -2.17. The number of aromatic nitrogens is 2. The van der Waals surface area contributed by atoms with E-state index >= 15 is 0 Å². The molecule has 24 heavy (non-hydrogen) atoms. The Labute approximate surface area is 134 Å². The van der Waals surface area contributed by atoms with Crippen LogP contribution in [0.5, 0.6) is 0 Å². The highest BCUT2D eigenvalue weighted by molar-refractivity contribution is 5.98. The van der Waals surface area contributed by atoms with Crippen molar-refractivity contribution in [1.82, 2.24) is 9.97 Å². The summed E-state index contributed by atoms with van der Waals surface area (Å²) in [7, 11) is 0. The van der Waals surface area contributed by atoms with Gasteiger partial charge in [0.15, 0.2) is 6.61 Å². The van der Waals surface area contributed by atoms with Crippen LogP contribution in [-0.4, -0.2) is 50.5 Å². The molecule has 0 aliphatic carbocycles. The summed E-state index contributed by atoms with van der Waals surface area (Å²) in [4.78, 5) is 52.5. The molecule has 0 fully saturated rings. The number of pyridine rings is 2. The second kappa shape index (κ2) is 7.09. The first-order valence-electron chi connectivity index (χ1n) is 6.49. The fourth-order valence-electron chi connectivity index (χ4n) is 1.66. The van der Waals surface area contributed by atoms with Crippen molar-refractivity contribution < 1.29 is 34.1 Å². The third-order valence-corrected chi connectivity index (χ3v) is 2.77. The molecular formula is C15H10N2O7. The topological polar surface area (TPSA) is 144 Å². The number of ketones is 1. The van der Waals surface area contributed by atoms with Crippen LogP contribution in [0.25, 0.3) is 0 Å². The standard InChI is InChI=1S/C15H10N2O7/c18-12(8-3-1-4-9(16-8)13(19)20)7-24-15(23)11-6-2-5-10(17-11)14(21)22/h1-6H,7H2,(H,19,20)(H,21,22). The van der Waals surface area contributed by atoms with Crippen molar-refractivity contribution in [2.45, 2.75) is 0 Å². The van der Waals surface area contributed by atoms with E-state index in [1.807, 2.05) is 0 Å². The number of esters is 1. The summed E-state index contributed by atoms with van der Waals surface area (Å²) in [5, 5.41) is 17.6. The molecule has 0 amide bonds. The van der Waals surface area contributed by atoms with E-state index in [2.05, 4.69) is 9.97 Å². The van der Waals surface area contributed by atoms with Gasteiger partial charge < -0.3 is 14.9 Å². The molecule has 0 aromatic carbocycles. The monoisotopic (exact) mass is 330 g/mol. The fraction of sp³-hybridized carbons (Fsp3) is 0.0667. The molecule has 0 aliphatic rings. The van der Waals surface area contributed by atoms with E-state index < -0.39 is 30.3 Å². The van der Waals surface area contributed by atoms with Crippen LogP contribution in [0.1, 0.15) is 42.0 Å². The van der Waals surface area contributed by atoms with Gasteiger partial charge in [0.05, 0.1) is 0 Å². The molecule has 0 radical (unpaired) electrons. The van der Waals surface area contributed by atoms with Crippen LogP contribution in [0.3, 0.4) is 0 Å². The molecule has 9 heteroatoms. The number of nitrogens with zero attached hydrogens (tertiary/aromatic N) is 2. The first-order valence-corrected chi connectivity index (χ1v) is 6.49. The van der Waals surface area contributed by atoms with E-state index in [9.17, 15) is 19.2 Å². The number of ether oxygens (including phenoxy) is 1. The predicted octanol–water partition coefficient (Wildman–Crippen LogP) is 0.913. The third kappa shape index (κ3) is 3.97. The normalized spacial score (nSPS) is 10.0. The number of carboxylic acid groups (broad SMARTS) is 2. The molecule has 0 atom stereocenters. The summed E-state index contributed by atoms with van der Waals surface area (Å²) < 4.78 is 4.75. The molecule has 2 aromatic rings. The molecule has 0 bridgehead atoms. The molecular weight excluding hydrogens is 320 g/mol. The molecule has 2 rings (SSSR count). The van der Waals surface area contributed by atoms with Gasteiger partial charge in [-0.05, 0) is 24.3 Å². The first kappa shape index (κ1) is 16.7. The number of hydrogen-bond acceptors (Lipinski definition) is 7. The average molecular weight is 330 g/mol. The van der Waals surface area contributed by atoms with Crippen LogP contribution >= 0.6 is 0 Å². The second-order valence-corrected chi connectivity index (χ2v) is 4.43. The molecule has 2 N–H and O–H groups in total. The van der Waals surface area contributed by atoms with Gasteiger partial charge in [-0.1, -0.05) is 12.1 Å². The number of carbonyl (C=O) groups excluding carboxylic acids is 2. The number of carboxylic acids is 2. The molecule has 2 heterocycles. The van der Waals surface area contributed by atoms with E-state index in [1.54, 1.807) is 0 Å². The van der Waals surface area contributed by atoms with Crippen LogP contribution in [0, 0.1) is 0 Å². The maximum absolute atomic E-state index is 11.9. The Kier molecular flexibility index (Phi) is 4.95. The van der Waals surface area contributed by atoms with Crippen molar-refractivity contribution in [1.29, 1.82) is 0 Å². The van der Waals surface area contributed by atoms with Crippen molar-refractivity contribution >= 4 is 23.7 Å². The van der Waals surface area contributed by atoms with Crippen molar-refractivity contribution in [3.05, 3.63) is 59.2 Å². The number of hydrogen-bond donors (Lipinski definition) is 2. The summed E-state index contributed by atoms with van der Waals surface area (Å²) in [5.41, 5.74) is -1.10. The van der Waals surface area contributed by atoms with E-state index in [4.69, 9.17) is 14.9 Å². The van der Waals surface area contributed by atoms with Gasteiger partial charge in [-0.2, -0.15) is 0 Å². The summed E-state index contributed by atoms with van der Waals surface area (Å²) in [5.74, 6) is -4.30. The Morgan fingerprint density at radius 2 is 1.25 bits per heavy atom. The molecule has 0 unspecified atom stereocenters. The van der Waals surface area contributed by atoms with Gasteiger partial charge in [-0.3, -0.25) is 4.79 Å². The maximum Gasteiger partial charge on any atom is 0.357 e. The molecule has 0 aliphatic heterocycles. The number of carbonyl (C=O) groups is 4. The van der Waals surface area contributed by atoms with Crippen molar-refractivity contribution in [2.75, 3.05) is 6.61 Å². The molecule has 9 nitrogen and oxygen atoms in total. The smallest absolute Gasteiger partial charge is 0.357 e. The van der Waals surface area contributed by atoms with E-state index in [0.717, 1.165) is 0 Å². The largest absolute Gasteiger partial charge is 0.477 e. The lowest BCUT2D eigenvalue weighted by Gasteiger charge is -2.04. The van der Waals surface area contributed by atoms with Gasteiger partial charge in [-0.25, -0.2) is 24.4 Å². The number of rotatable bonds is 6. The summed E-state index contributed by atoms with van der Waals surface area (Å²) in [6, 6.07) is 7.59. The molecule has 0 saturated carbocycles. The van der Waals surface area contributed by atoms with Gasteiger partial charge in [-0.15, -0.1) is 0 Å². The van der Waals surface area contributed by atoms with E-state index in [0.29, 0.717) is 0 Å². The fourth-order valence-corrected chi connectivity index (χ4v) is 1.66. The minimum Gasteiger partial charge on any atom is -0.477 e. The zero-order valence-corrected chi connectivity index (χ0v) is 12.0. The highest BCUT2D eigenvalue weighted by Crippen LogP contribution is 2.04. The van der Waals surface area contributed by atoms with Crippen molar-refractivity contribution in [3.8, 4) is 0 Å². The zero-order valence-electron chi connectivity index (χ0n) is 12.0. The Morgan fingerprint density at radius 1 is 0.792 bits per heavy atom. The Bertz CT molecular complexity index is 763. The molecule has 122 valence electrons. The minimum atomic E-state index is -1.31. The van der Waals surface area contributed by atoms with E-state index in [-0.39, 0.29) is 22.8 Å². The Morgan fingerprint density at radius 3 is 1.79 bits per heavy atom. The zero-order chi connectivity index (χ0) is 17.7. The van der Waals surface area contributed by atoms with Gasteiger partial charge in [0.1, 0.15) is 22.8 Å². The van der Waals surface area contributed by atoms with Gasteiger partial charge in [0.2, 0.25) is 5.78 Å². The van der Waals surface area contributed by atoms with Crippen LogP contribution in [-0.2, 0) is 4.74 Å². The van der Waals surface area contributed by atoms with Crippen LogP contribution in [0.15, 0.2) is 36.4 Å². The maximum atomic E-state index is 11.9. The molecule has 0 spiro atoms. The highest BCUT2D eigenvalue weighted by atomic mass is 16.5. The lowest BCUT2D eigenvalue weighted by molar-refractivity contribution is 0.0466. The van der Waals surface area contributed by atoms with Crippen molar-refractivity contribution in [3.63, 3.8) is 0 Å². The van der Waals surface area contributed by atoms with Crippen LogP contribution in [0.4, 0.5) is 0 Å². The lowest BCUT2D eigenvalue weighted by atomic mass is 10.2. The third-order valence-electron chi connectivity index (χ3n) is 2.77. The Hall–Kier alpha value is -3.62. The van der Waals surface area contributed by atoms with Crippen LogP contribution in [0.2, 0.25) is 0 Å². The molecule has 0 saturated heterocycles. The number of aromatic carboxylic acids is 2. The predicted molar refractivity (Wildman–Crippen MR) is 77.0 cm³/mol. The van der Waals surface area contributed by atoms with E-state index in [1.165, 1.54) is 36.4 Å². The van der Waals surface area contributed by atoms with Crippen molar-refractivity contribution in [2.24, 2.45) is 0 Å². The first-order chi connectivity index (χ1) is 11.4. The molecule has 2 aromatic heterocycles. The number of Topliss-reactive ketones (excluding diaryl/α,β-unsaturated/α-hetero) is 1.